The Morgan fingerprint density at radius 2 is 2.00 bits per heavy atom. The summed E-state index contributed by atoms with van der Waals surface area (Å²) >= 11 is 0. The number of non-ortho nitro benzene ring substituents is 1. The van der Waals surface area contributed by atoms with E-state index in [1.54, 1.807) is 22.7 Å². The Bertz CT molecular complexity index is 1180. The minimum Gasteiger partial charge on any atom is -0.495 e. The van der Waals surface area contributed by atoms with Gasteiger partial charge in [0.1, 0.15) is 5.75 Å². The van der Waals surface area contributed by atoms with Crippen LogP contribution in [0.1, 0.15) is 10.4 Å². The third-order valence-electron chi connectivity index (χ3n) is 4.32. The van der Waals surface area contributed by atoms with Gasteiger partial charge in [-0.05, 0) is 36.4 Å². The molecule has 144 valence electrons. The van der Waals surface area contributed by atoms with Gasteiger partial charge in [0.25, 0.3) is 11.6 Å². The first-order valence-corrected chi connectivity index (χ1v) is 8.59. The molecular weight excluding hydrogens is 374 g/mol. The third kappa shape index (κ3) is 3.61. The van der Waals surface area contributed by atoms with Gasteiger partial charge >= 0.3 is 0 Å². The number of fused-ring (bicyclic) bond motifs is 1. The number of nitrogens with one attached hydrogen (secondary N) is 1. The number of aromatic nitrogens is 3. The van der Waals surface area contributed by atoms with Crippen molar-refractivity contribution in [1.82, 2.24) is 14.4 Å². The Balaban J connectivity index is 1.64. The fraction of sp³-hybridized carbons (Fsp3) is 0.0500. The Labute approximate surface area is 164 Å². The van der Waals surface area contributed by atoms with E-state index in [-0.39, 0.29) is 5.69 Å². The lowest BCUT2D eigenvalue weighted by molar-refractivity contribution is -0.384. The van der Waals surface area contributed by atoms with Gasteiger partial charge in [-0.15, -0.1) is 0 Å². The van der Waals surface area contributed by atoms with Crippen LogP contribution in [-0.4, -0.2) is 32.3 Å². The quantitative estimate of drug-likeness (QED) is 0.413. The monoisotopic (exact) mass is 389 g/mol. The number of nitro benzene ring substituents is 1. The van der Waals surface area contributed by atoms with Gasteiger partial charge < -0.3 is 10.1 Å². The molecule has 0 aliphatic rings. The predicted molar refractivity (Wildman–Crippen MR) is 106 cm³/mol. The summed E-state index contributed by atoms with van der Waals surface area (Å²) in [6.45, 7) is 0. The van der Waals surface area contributed by atoms with Crippen LogP contribution in [0.15, 0.2) is 67.1 Å². The maximum atomic E-state index is 12.6. The molecule has 2 aromatic carbocycles. The number of amides is 1. The minimum atomic E-state index is -0.516. The maximum absolute atomic E-state index is 12.6. The number of methoxy groups -OCH3 is 1. The van der Waals surface area contributed by atoms with Gasteiger partial charge in [-0.2, -0.15) is 0 Å². The molecule has 1 amide bonds. The normalized spacial score (nSPS) is 10.7. The number of ether oxygens (including phenoxy) is 1. The van der Waals surface area contributed by atoms with Crippen LogP contribution in [0, 0.1) is 10.1 Å². The van der Waals surface area contributed by atoms with Crippen molar-refractivity contribution in [3.63, 3.8) is 0 Å². The summed E-state index contributed by atoms with van der Waals surface area (Å²) in [4.78, 5) is 31.5. The second-order valence-electron chi connectivity index (χ2n) is 6.13. The summed E-state index contributed by atoms with van der Waals surface area (Å²) in [5, 5.41) is 13.6. The lowest BCUT2D eigenvalue weighted by atomic mass is 10.1. The molecule has 2 aromatic heterocycles. The number of anilines is 1. The molecule has 1 N–H and O–H groups in total. The Morgan fingerprint density at radius 3 is 2.69 bits per heavy atom. The molecule has 0 atom stereocenters. The van der Waals surface area contributed by atoms with Gasteiger partial charge in [0.05, 0.1) is 23.4 Å². The van der Waals surface area contributed by atoms with Crippen molar-refractivity contribution in [2.24, 2.45) is 0 Å². The van der Waals surface area contributed by atoms with E-state index >= 15 is 0 Å². The highest BCUT2D eigenvalue weighted by atomic mass is 16.6. The molecule has 4 rings (SSSR count). The van der Waals surface area contributed by atoms with E-state index in [1.807, 2.05) is 24.5 Å². The summed E-state index contributed by atoms with van der Waals surface area (Å²) in [7, 11) is 1.51. The van der Waals surface area contributed by atoms with E-state index < -0.39 is 10.8 Å². The zero-order chi connectivity index (χ0) is 20.4. The van der Waals surface area contributed by atoms with Crippen molar-refractivity contribution >= 4 is 23.1 Å². The maximum Gasteiger partial charge on any atom is 0.269 e. The van der Waals surface area contributed by atoms with Gasteiger partial charge in [-0.25, -0.2) is 9.97 Å². The molecule has 0 bridgehead atoms. The van der Waals surface area contributed by atoms with E-state index in [2.05, 4.69) is 15.3 Å². The first-order chi connectivity index (χ1) is 14.0. The number of carbonyl (C=O) groups is 1. The Kier molecular flexibility index (Phi) is 4.62. The van der Waals surface area contributed by atoms with Crippen LogP contribution in [0.4, 0.5) is 11.4 Å². The van der Waals surface area contributed by atoms with Crippen LogP contribution in [0.25, 0.3) is 17.0 Å². The predicted octanol–water partition coefficient (Wildman–Crippen LogP) is 3.57. The van der Waals surface area contributed by atoms with E-state index in [0.717, 1.165) is 5.56 Å². The van der Waals surface area contributed by atoms with Crippen LogP contribution in [0.3, 0.4) is 0 Å². The molecule has 0 spiro atoms. The molecule has 0 fully saturated rings. The second kappa shape index (κ2) is 7.39. The lowest BCUT2D eigenvalue weighted by Gasteiger charge is -2.11. The van der Waals surface area contributed by atoms with Crippen molar-refractivity contribution in [1.29, 1.82) is 0 Å². The highest BCUT2D eigenvalue weighted by Gasteiger charge is 2.14. The van der Waals surface area contributed by atoms with Crippen molar-refractivity contribution < 1.29 is 14.5 Å². The van der Waals surface area contributed by atoms with Gasteiger partial charge in [0.2, 0.25) is 5.78 Å². The molecule has 4 aromatic rings. The van der Waals surface area contributed by atoms with Crippen LogP contribution < -0.4 is 10.1 Å². The molecule has 0 saturated carbocycles. The Morgan fingerprint density at radius 1 is 1.21 bits per heavy atom. The lowest BCUT2D eigenvalue weighted by Crippen LogP contribution is -2.12. The summed E-state index contributed by atoms with van der Waals surface area (Å²) in [6.07, 6.45) is 5.35. The number of benzene rings is 2. The number of rotatable bonds is 5. The SMILES string of the molecule is COc1ccc(-c2cn3cccnc3n2)cc1NC(=O)c1ccc([N+](=O)[O-])cc1. The molecule has 0 saturated heterocycles. The molecule has 9 heteroatoms. The average Bonchev–Trinajstić information content (AvgIpc) is 3.18. The number of nitrogens with zero attached hydrogens (tertiary/aromatic N) is 4. The van der Waals surface area contributed by atoms with Crippen LogP contribution in [0.5, 0.6) is 5.75 Å². The standard InChI is InChI=1S/C20H15N5O4/c1-29-18-8-5-14(17-12-24-10-2-9-21-20(24)23-17)11-16(18)22-19(26)13-3-6-15(7-4-13)25(27)28/h2-12H,1H3,(H,22,26). The Hall–Kier alpha value is -4.27. The van der Waals surface area contributed by atoms with Gasteiger partial charge in [0, 0.05) is 41.9 Å². The highest BCUT2D eigenvalue weighted by Crippen LogP contribution is 2.30. The van der Waals surface area contributed by atoms with Crippen LogP contribution >= 0.6 is 0 Å². The molecule has 9 nitrogen and oxygen atoms in total. The molecular formula is C20H15N5O4. The molecule has 2 heterocycles. The number of hydrogen-bond donors (Lipinski definition) is 1. The second-order valence-corrected chi connectivity index (χ2v) is 6.13. The van der Waals surface area contributed by atoms with Crippen molar-refractivity contribution in [2.45, 2.75) is 0 Å². The third-order valence-corrected chi connectivity index (χ3v) is 4.32. The number of carbonyl (C=O) groups excluding carboxylic acids is 1. The highest BCUT2D eigenvalue weighted by molar-refractivity contribution is 6.05. The van der Waals surface area contributed by atoms with E-state index in [4.69, 9.17) is 4.74 Å². The van der Waals surface area contributed by atoms with E-state index in [0.29, 0.717) is 28.5 Å². The van der Waals surface area contributed by atoms with E-state index in [9.17, 15) is 14.9 Å². The van der Waals surface area contributed by atoms with Gasteiger partial charge in [-0.1, -0.05) is 0 Å². The topological polar surface area (TPSA) is 112 Å². The van der Waals surface area contributed by atoms with Gasteiger partial charge in [-0.3, -0.25) is 19.3 Å². The number of nitro groups is 1. The molecule has 0 aliphatic carbocycles. The van der Waals surface area contributed by atoms with Crippen molar-refractivity contribution in [2.75, 3.05) is 12.4 Å². The largest absolute Gasteiger partial charge is 0.495 e. The first kappa shape index (κ1) is 18.1. The molecule has 29 heavy (non-hydrogen) atoms. The zero-order valence-electron chi connectivity index (χ0n) is 15.3. The summed E-state index contributed by atoms with van der Waals surface area (Å²) in [6, 6.07) is 12.5. The first-order valence-electron chi connectivity index (χ1n) is 8.59. The smallest absolute Gasteiger partial charge is 0.269 e. The average molecular weight is 389 g/mol. The summed E-state index contributed by atoms with van der Waals surface area (Å²) in [5.41, 5.74) is 2.13. The molecule has 0 aliphatic heterocycles. The van der Waals surface area contributed by atoms with Gasteiger partial charge in [0.15, 0.2) is 0 Å². The fourth-order valence-corrected chi connectivity index (χ4v) is 2.86. The van der Waals surface area contributed by atoms with E-state index in [1.165, 1.54) is 31.4 Å². The minimum absolute atomic E-state index is 0.0819. The fourth-order valence-electron chi connectivity index (χ4n) is 2.86. The number of imidazole rings is 1. The summed E-state index contributed by atoms with van der Waals surface area (Å²) < 4.78 is 7.14. The van der Waals surface area contributed by atoms with Crippen molar-refractivity contribution in [3.8, 4) is 17.0 Å². The molecule has 0 radical (unpaired) electrons. The molecule has 0 unspecified atom stereocenters. The van der Waals surface area contributed by atoms with Crippen molar-refractivity contribution in [3.05, 3.63) is 82.8 Å². The summed E-state index contributed by atoms with van der Waals surface area (Å²) in [5.74, 6) is 0.632. The number of hydrogen-bond acceptors (Lipinski definition) is 6. The van der Waals surface area contributed by atoms with Crippen LogP contribution in [-0.2, 0) is 0 Å². The zero-order valence-corrected chi connectivity index (χ0v) is 15.3. The van der Waals surface area contributed by atoms with Crippen LogP contribution in [0.2, 0.25) is 0 Å².